The van der Waals surface area contributed by atoms with E-state index < -0.39 is 0 Å². The van der Waals surface area contributed by atoms with Crippen LogP contribution >= 0.6 is 0 Å². The third-order valence-electron chi connectivity index (χ3n) is 5.15. The van der Waals surface area contributed by atoms with Crippen molar-refractivity contribution >= 4 is 23.2 Å². The predicted octanol–water partition coefficient (Wildman–Crippen LogP) is 3.82. The number of nitrogens with one attached hydrogen (secondary N) is 1. The smallest absolute Gasteiger partial charge is 0.257 e. The van der Waals surface area contributed by atoms with E-state index >= 15 is 0 Å². The first-order valence-electron chi connectivity index (χ1n) is 8.95. The summed E-state index contributed by atoms with van der Waals surface area (Å²) in [5.41, 5.74) is 4.57. The van der Waals surface area contributed by atoms with Gasteiger partial charge in [0.1, 0.15) is 0 Å². The molecule has 4 rings (SSSR count). The second kappa shape index (κ2) is 6.06. The molecule has 0 unspecified atom stereocenters. The zero-order valence-electron chi connectivity index (χ0n) is 14.7. The van der Waals surface area contributed by atoms with Crippen LogP contribution in [0.5, 0.6) is 0 Å². The number of hydrogen-bond acceptors (Lipinski definition) is 2. The normalized spacial score (nSPS) is 17.2. The summed E-state index contributed by atoms with van der Waals surface area (Å²) in [4.78, 5) is 26.3. The van der Waals surface area contributed by atoms with Gasteiger partial charge in [-0.1, -0.05) is 0 Å². The average molecular weight is 337 g/mol. The van der Waals surface area contributed by atoms with Crippen LogP contribution in [0.3, 0.4) is 0 Å². The average Bonchev–Trinajstić information content (AvgIpc) is 3.25. The highest BCUT2D eigenvalue weighted by molar-refractivity contribution is 6.05. The van der Waals surface area contributed by atoms with Gasteiger partial charge in [-0.2, -0.15) is 0 Å². The lowest BCUT2D eigenvalue weighted by Gasteiger charge is -2.16. The molecular formula is C20H23N3O2. The van der Waals surface area contributed by atoms with Crippen molar-refractivity contribution < 1.29 is 9.59 Å². The molecule has 0 radical (unpaired) electrons. The molecule has 2 amide bonds. The Labute approximate surface area is 147 Å². The van der Waals surface area contributed by atoms with Crippen molar-refractivity contribution in [3.8, 4) is 0 Å². The largest absolute Gasteiger partial charge is 0.345 e. The minimum Gasteiger partial charge on any atom is -0.345 e. The molecule has 1 saturated carbocycles. The van der Waals surface area contributed by atoms with E-state index in [-0.39, 0.29) is 11.8 Å². The Morgan fingerprint density at radius 1 is 1.16 bits per heavy atom. The van der Waals surface area contributed by atoms with Crippen LogP contribution in [-0.4, -0.2) is 22.9 Å². The highest BCUT2D eigenvalue weighted by atomic mass is 16.2. The molecule has 0 bridgehead atoms. The lowest BCUT2D eigenvalue weighted by molar-refractivity contribution is -0.117. The number of carbonyl (C=O) groups is 2. The topological polar surface area (TPSA) is 54.3 Å². The van der Waals surface area contributed by atoms with Gasteiger partial charge in [-0.3, -0.25) is 9.59 Å². The van der Waals surface area contributed by atoms with Gasteiger partial charge in [0.15, 0.2) is 0 Å². The monoisotopic (exact) mass is 337 g/mol. The van der Waals surface area contributed by atoms with Gasteiger partial charge in [-0.25, -0.2) is 0 Å². The number of aryl methyl sites for hydroxylation is 1. The minimum absolute atomic E-state index is 0.0787. The Morgan fingerprint density at radius 3 is 2.48 bits per heavy atom. The maximum atomic E-state index is 12.6. The van der Waals surface area contributed by atoms with Crippen molar-refractivity contribution in [3.05, 3.63) is 47.3 Å². The fourth-order valence-electron chi connectivity index (χ4n) is 3.75. The number of hydrogen-bond donors (Lipinski definition) is 1. The van der Waals surface area contributed by atoms with Crippen molar-refractivity contribution in [1.82, 2.24) is 4.57 Å². The first-order valence-corrected chi connectivity index (χ1v) is 8.95. The molecule has 2 aliphatic rings. The summed E-state index contributed by atoms with van der Waals surface area (Å²) in [6, 6.07) is 10.1. The van der Waals surface area contributed by atoms with E-state index in [0.717, 1.165) is 41.3 Å². The molecule has 1 aromatic heterocycles. The van der Waals surface area contributed by atoms with Crippen LogP contribution < -0.4 is 10.2 Å². The van der Waals surface area contributed by atoms with Crippen LogP contribution in [0.2, 0.25) is 0 Å². The lowest BCUT2D eigenvalue weighted by Crippen LogP contribution is -2.23. The van der Waals surface area contributed by atoms with E-state index in [0.29, 0.717) is 12.5 Å². The van der Waals surface area contributed by atoms with E-state index in [1.807, 2.05) is 37.3 Å². The van der Waals surface area contributed by atoms with E-state index in [2.05, 4.69) is 16.8 Å². The first-order chi connectivity index (χ1) is 12.0. The molecule has 2 fully saturated rings. The van der Waals surface area contributed by atoms with E-state index in [1.54, 1.807) is 4.90 Å². The zero-order valence-corrected chi connectivity index (χ0v) is 14.7. The van der Waals surface area contributed by atoms with Crippen LogP contribution in [0.25, 0.3) is 0 Å². The second-order valence-corrected chi connectivity index (χ2v) is 7.04. The molecule has 0 atom stereocenters. The van der Waals surface area contributed by atoms with E-state index in [1.165, 1.54) is 12.8 Å². The van der Waals surface area contributed by atoms with Gasteiger partial charge in [0.25, 0.3) is 5.91 Å². The highest BCUT2D eigenvalue weighted by Gasteiger charge is 2.28. The molecule has 2 aromatic rings. The van der Waals surface area contributed by atoms with Crippen molar-refractivity contribution in [2.24, 2.45) is 0 Å². The number of anilines is 2. The van der Waals surface area contributed by atoms with Gasteiger partial charge in [-0.05, 0) is 63.4 Å². The Balaban J connectivity index is 1.49. The van der Waals surface area contributed by atoms with Crippen LogP contribution in [0.1, 0.15) is 53.5 Å². The molecule has 1 aliphatic heterocycles. The predicted molar refractivity (Wildman–Crippen MR) is 98.2 cm³/mol. The van der Waals surface area contributed by atoms with Crippen LogP contribution in [0.4, 0.5) is 11.4 Å². The Kier molecular flexibility index (Phi) is 3.86. The Morgan fingerprint density at radius 2 is 1.88 bits per heavy atom. The summed E-state index contributed by atoms with van der Waals surface area (Å²) in [5, 5.41) is 2.97. The van der Waals surface area contributed by atoms with Gasteiger partial charge in [0, 0.05) is 41.8 Å². The van der Waals surface area contributed by atoms with Crippen molar-refractivity contribution in [1.29, 1.82) is 0 Å². The van der Waals surface area contributed by atoms with Gasteiger partial charge >= 0.3 is 0 Å². The Bertz CT molecular complexity index is 831. The maximum Gasteiger partial charge on any atom is 0.257 e. The molecule has 25 heavy (non-hydrogen) atoms. The first kappa shape index (κ1) is 15.9. The van der Waals surface area contributed by atoms with Gasteiger partial charge in [-0.15, -0.1) is 0 Å². The summed E-state index contributed by atoms with van der Waals surface area (Å²) >= 11 is 0. The maximum absolute atomic E-state index is 12.6. The molecular weight excluding hydrogens is 314 g/mol. The molecule has 1 aliphatic carbocycles. The van der Waals surface area contributed by atoms with Gasteiger partial charge in [0.05, 0.1) is 5.56 Å². The fourth-order valence-corrected chi connectivity index (χ4v) is 3.75. The summed E-state index contributed by atoms with van der Waals surface area (Å²) in [5.74, 6) is 0.0919. The molecule has 5 heteroatoms. The summed E-state index contributed by atoms with van der Waals surface area (Å²) in [6.07, 6.45) is 3.94. The summed E-state index contributed by atoms with van der Waals surface area (Å²) in [7, 11) is 0. The summed E-state index contributed by atoms with van der Waals surface area (Å²) in [6.45, 7) is 4.85. The van der Waals surface area contributed by atoms with E-state index in [4.69, 9.17) is 0 Å². The number of amides is 2. The molecule has 130 valence electrons. The van der Waals surface area contributed by atoms with Crippen molar-refractivity contribution in [2.45, 2.75) is 45.6 Å². The SMILES string of the molecule is Cc1cc(C(=O)Nc2ccc(N3CCCC3=O)cc2)c(C)n1C1CC1. The van der Waals surface area contributed by atoms with Crippen molar-refractivity contribution in [3.63, 3.8) is 0 Å². The number of nitrogens with zero attached hydrogens (tertiary/aromatic N) is 2. The second-order valence-electron chi connectivity index (χ2n) is 7.04. The number of aromatic nitrogens is 1. The quantitative estimate of drug-likeness (QED) is 0.922. The van der Waals surface area contributed by atoms with Crippen LogP contribution in [0, 0.1) is 13.8 Å². The third kappa shape index (κ3) is 2.95. The van der Waals surface area contributed by atoms with Crippen LogP contribution in [-0.2, 0) is 4.79 Å². The number of rotatable bonds is 4. The number of carbonyl (C=O) groups excluding carboxylic acids is 2. The lowest BCUT2D eigenvalue weighted by atomic mass is 10.2. The summed E-state index contributed by atoms with van der Waals surface area (Å²) < 4.78 is 2.27. The zero-order chi connectivity index (χ0) is 17.6. The van der Waals surface area contributed by atoms with Crippen molar-refractivity contribution in [2.75, 3.05) is 16.8 Å². The molecule has 1 saturated heterocycles. The van der Waals surface area contributed by atoms with Crippen LogP contribution in [0.15, 0.2) is 30.3 Å². The standard InChI is InChI=1S/C20H23N3O2/c1-13-12-18(14(2)23(13)17-9-10-17)20(25)21-15-5-7-16(8-6-15)22-11-3-4-19(22)24/h5-8,12,17H,3-4,9-11H2,1-2H3,(H,21,25). The third-order valence-corrected chi connectivity index (χ3v) is 5.15. The highest BCUT2D eigenvalue weighted by Crippen LogP contribution is 2.38. The Hall–Kier alpha value is -2.56. The number of benzene rings is 1. The molecule has 1 N–H and O–H groups in total. The minimum atomic E-state index is -0.0787. The molecule has 1 aromatic carbocycles. The molecule has 0 spiro atoms. The van der Waals surface area contributed by atoms with Gasteiger partial charge in [0.2, 0.25) is 5.91 Å². The molecule has 2 heterocycles. The molecule has 5 nitrogen and oxygen atoms in total. The van der Waals surface area contributed by atoms with E-state index in [9.17, 15) is 9.59 Å². The van der Waals surface area contributed by atoms with Gasteiger partial charge < -0.3 is 14.8 Å². The fraction of sp³-hybridized carbons (Fsp3) is 0.400.